The van der Waals surface area contributed by atoms with Crippen LogP contribution in [0.5, 0.6) is 0 Å². The summed E-state index contributed by atoms with van der Waals surface area (Å²) in [7, 11) is 3.51. The lowest BCUT2D eigenvalue weighted by Crippen LogP contribution is -1.89. The fraction of sp³-hybridized carbons (Fsp3) is 0.308. The van der Waals surface area contributed by atoms with E-state index in [1.165, 1.54) is 32.0 Å². The summed E-state index contributed by atoms with van der Waals surface area (Å²) in [5.41, 5.74) is 5.40. The molecular formula is C13H14S4. The second-order valence-corrected chi connectivity index (χ2v) is 7.72. The van der Waals surface area contributed by atoms with Crippen molar-refractivity contribution in [3.05, 3.63) is 32.6 Å². The van der Waals surface area contributed by atoms with E-state index >= 15 is 0 Å². The van der Waals surface area contributed by atoms with Crippen LogP contribution in [0, 0.1) is 24.6 Å². The Morgan fingerprint density at radius 1 is 1.06 bits per heavy atom. The molecule has 1 aromatic heterocycles. The van der Waals surface area contributed by atoms with Crippen LogP contribution in [0.15, 0.2) is 17.0 Å². The molecule has 0 spiro atoms. The van der Waals surface area contributed by atoms with Gasteiger partial charge in [0.05, 0.1) is 9.77 Å². The monoisotopic (exact) mass is 298 g/mol. The SMILES string of the molecule is CSc1c(-c2c(C)cc(C)cc2C)ssc1=S. The van der Waals surface area contributed by atoms with E-state index in [0.717, 1.165) is 3.82 Å². The van der Waals surface area contributed by atoms with Crippen LogP contribution in [0.3, 0.4) is 0 Å². The predicted octanol–water partition coefficient (Wildman–Crippen LogP) is 5.85. The molecule has 0 unspecified atom stereocenters. The van der Waals surface area contributed by atoms with Gasteiger partial charge in [-0.15, -0.1) is 11.8 Å². The summed E-state index contributed by atoms with van der Waals surface area (Å²) in [6.07, 6.45) is 2.10. The first-order valence-electron chi connectivity index (χ1n) is 5.30. The van der Waals surface area contributed by atoms with E-state index in [2.05, 4.69) is 39.2 Å². The summed E-state index contributed by atoms with van der Waals surface area (Å²) in [5, 5.41) is 0. The van der Waals surface area contributed by atoms with Crippen LogP contribution in [0.2, 0.25) is 0 Å². The molecule has 0 radical (unpaired) electrons. The molecule has 0 amide bonds. The molecule has 90 valence electrons. The highest BCUT2D eigenvalue weighted by atomic mass is 32.9. The molecule has 0 aliphatic carbocycles. The van der Waals surface area contributed by atoms with Crippen molar-refractivity contribution in [1.82, 2.24) is 0 Å². The number of benzene rings is 1. The maximum Gasteiger partial charge on any atom is 0.116 e. The molecule has 17 heavy (non-hydrogen) atoms. The zero-order chi connectivity index (χ0) is 12.6. The van der Waals surface area contributed by atoms with Crippen LogP contribution in [-0.2, 0) is 0 Å². The average molecular weight is 299 g/mol. The van der Waals surface area contributed by atoms with Gasteiger partial charge in [0.1, 0.15) is 3.82 Å². The first-order valence-corrected chi connectivity index (χ1v) is 9.08. The normalized spacial score (nSPS) is 10.8. The van der Waals surface area contributed by atoms with E-state index in [1.807, 2.05) is 0 Å². The van der Waals surface area contributed by atoms with Crippen LogP contribution in [0.1, 0.15) is 16.7 Å². The molecule has 2 aromatic rings. The van der Waals surface area contributed by atoms with Crippen molar-refractivity contribution in [1.29, 1.82) is 0 Å². The number of hydrogen-bond acceptors (Lipinski definition) is 4. The third-order valence-electron chi connectivity index (χ3n) is 2.70. The molecule has 0 bridgehead atoms. The van der Waals surface area contributed by atoms with Crippen LogP contribution < -0.4 is 0 Å². The number of hydrogen-bond donors (Lipinski definition) is 0. The van der Waals surface area contributed by atoms with E-state index in [9.17, 15) is 0 Å². The second kappa shape index (κ2) is 5.22. The standard InChI is InChI=1S/C13H14S4/c1-7-5-8(2)10(9(3)6-7)11-12(15-4)13(14)17-16-11/h5-6H,1-4H3. The molecule has 0 atom stereocenters. The van der Waals surface area contributed by atoms with Crippen molar-refractivity contribution >= 4 is 44.7 Å². The second-order valence-electron chi connectivity index (χ2n) is 4.09. The van der Waals surface area contributed by atoms with Crippen molar-refractivity contribution in [2.24, 2.45) is 0 Å². The molecular weight excluding hydrogens is 284 g/mol. The first-order chi connectivity index (χ1) is 8.04. The summed E-state index contributed by atoms with van der Waals surface area (Å²) < 4.78 is 1.02. The van der Waals surface area contributed by atoms with E-state index < -0.39 is 0 Å². The van der Waals surface area contributed by atoms with Gasteiger partial charge in [0.15, 0.2) is 0 Å². The molecule has 0 N–H and O–H groups in total. The van der Waals surface area contributed by atoms with Crippen LogP contribution >= 0.6 is 44.7 Å². The lowest BCUT2D eigenvalue weighted by Gasteiger charge is -2.10. The highest BCUT2D eigenvalue weighted by Gasteiger charge is 2.14. The lowest BCUT2D eigenvalue weighted by atomic mass is 9.99. The van der Waals surface area contributed by atoms with Gasteiger partial charge in [-0.3, -0.25) is 0 Å². The highest BCUT2D eigenvalue weighted by Crippen LogP contribution is 2.42. The summed E-state index contributed by atoms with van der Waals surface area (Å²) >= 11 is 7.15. The Balaban J connectivity index is 2.72. The minimum Gasteiger partial charge on any atom is -0.126 e. The van der Waals surface area contributed by atoms with Gasteiger partial charge >= 0.3 is 0 Å². The molecule has 2 rings (SSSR count). The third-order valence-corrected chi connectivity index (χ3v) is 6.94. The Bertz CT molecular complexity index is 581. The molecule has 1 heterocycles. The smallest absolute Gasteiger partial charge is 0.116 e. The Morgan fingerprint density at radius 3 is 2.18 bits per heavy atom. The van der Waals surface area contributed by atoms with E-state index in [1.54, 1.807) is 32.4 Å². The van der Waals surface area contributed by atoms with Gasteiger partial charge in [-0.1, -0.05) is 50.6 Å². The molecule has 0 aliphatic rings. The van der Waals surface area contributed by atoms with Crippen molar-refractivity contribution < 1.29 is 0 Å². The minimum absolute atomic E-state index is 1.02. The summed E-state index contributed by atoms with van der Waals surface area (Å²) in [6, 6.07) is 4.50. The third kappa shape index (κ3) is 2.50. The van der Waals surface area contributed by atoms with Crippen LogP contribution in [0.4, 0.5) is 0 Å². The molecule has 0 saturated heterocycles. The fourth-order valence-corrected chi connectivity index (χ4v) is 6.57. The quantitative estimate of drug-likeness (QED) is 0.387. The van der Waals surface area contributed by atoms with E-state index in [4.69, 9.17) is 12.2 Å². The Labute approximate surface area is 119 Å². The number of thioether (sulfide) groups is 1. The topological polar surface area (TPSA) is 0 Å². The van der Waals surface area contributed by atoms with Crippen LogP contribution in [-0.4, -0.2) is 6.26 Å². The molecule has 4 heteroatoms. The maximum absolute atomic E-state index is 5.39. The highest BCUT2D eigenvalue weighted by molar-refractivity contribution is 7.99. The summed E-state index contributed by atoms with van der Waals surface area (Å²) in [4.78, 5) is 2.62. The van der Waals surface area contributed by atoms with Crippen molar-refractivity contribution in [2.45, 2.75) is 25.7 Å². The first kappa shape index (κ1) is 13.3. The van der Waals surface area contributed by atoms with Gasteiger partial charge in [-0.2, -0.15) is 0 Å². The van der Waals surface area contributed by atoms with Crippen molar-refractivity contribution in [2.75, 3.05) is 6.26 Å². The molecule has 0 fully saturated rings. The zero-order valence-corrected chi connectivity index (χ0v) is 13.6. The molecule has 1 aromatic carbocycles. The summed E-state index contributed by atoms with van der Waals surface area (Å²) in [6.45, 7) is 6.52. The van der Waals surface area contributed by atoms with Crippen LogP contribution in [0.25, 0.3) is 10.4 Å². The fourth-order valence-electron chi connectivity index (χ4n) is 2.12. The largest absolute Gasteiger partial charge is 0.126 e. The van der Waals surface area contributed by atoms with E-state index in [0.29, 0.717) is 0 Å². The maximum atomic E-state index is 5.39. The van der Waals surface area contributed by atoms with Gasteiger partial charge < -0.3 is 0 Å². The van der Waals surface area contributed by atoms with Gasteiger partial charge in [0, 0.05) is 0 Å². The Morgan fingerprint density at radius 2 is 1.65 bits per heavy atom. The van der Waals surface area contributed by atoms with Gasteiger partial charge in [-0.25, -0.2) is 0 Å². The van der Waals surface area contributed by atoms with Gasteiger partial charge in [-0.05, 0) is 43.7 Å². The number of aryl methyl sites for hydroxylation is 3. The van der Waals surface area contributed by atoms with E-state index in [-0.39, 0.29) is 0 Å². The Kier molecular flexibility index (Phi) is 4.08. The van der Waals surface area contributed by atoms with Crippen molar-refractivity contribution in [3.8, 4) is 10.4 Å². The zero-order valence-electron chi connectivity index (χ0n) is 10.3. The Hall–Kier alpha value is -0.160. The predicted molar refractivity (Wildman–Crippen MR) is 84.5 cm³/mol. The molecule has 0 nitrogen and oxygen atoms in total. The minimum atomic E-state index is 1.02. The van der Waals surface area contributed by atoms with Gasteiger partial charge in [0.2, 0.25) is 0 Å². The molecule has 0 saturated carbocycles. The number of rotatable bonds is 2. The van der Waals surface area contributed by atoms with Gasteiger partial charge in [0.25, 0.3) is 0 Å². The lowest BCUT2D eigenvalue weighted by molar-refractivity contribution is 1.32. The summed E-state index contributed by atoms with van der Waals surface area (Å²) in [5.74, 6) is 0. The van der Waals surface area contributed by atoms with Crippen molar-refractivity contribution in [3.63, 3.8) is 0 Å². The average Bonchev–Trinajstić information content (AvgIpc) is 2.58. The molecule has 0 aliphatic heterocycles.